The number of carbonyl (C=O) groups excluding carboxylic acids is 2. The van der Waals surface area contributed by atoms with Crippen LogP contribution in [0.2, 0.25) is 0 Å². The van der Waals surface area contributed by atoms with Crippen molar-refractivity contribution in [3.05, 3.63) is 89.9 Å². The Bertz CT molecular complexity index is 1270. The summed E-state index contributed by atoms with van der Waals surface area (Å²) in [5.74, 6) is 0.215. The number of nitrogens with one attached hydrogen (secondary N) is 1. The maximum Gasteiger partial charge on any atom is 0.243 e. The zero-order chi connectivity index (χ0) is 26.3. The molecule has 2 aromatic carbocycles. The fourth-order valence-electron chi connectivity index (χ4n) is 4.40. The van der Waals surface area contributed by atoms with Gasteiger partial charge < -0.3 is 14.6 Å². The molecule has 1 aliphatic heterocycles. The smallest absolute Gasteiger partial charge is 0.243 e. The van der Waals surface area contributed by atoms with Crippen molar-refractivity contribution < 1.29 is 22.4 Å². The second-order valence-corrected chi connectivity index (χ2v) is 11.2. The van der Waals surface area contributed by atoms with Gasteiger partial charge in [0.1, 0.15) is 11.8 Å². The van der Waals surface area contributed by atoms with Gasteiger partial charge in [-0.2, -0.15) is 4.31 Å². The minimum atomic E-state index is -3.47. The minimum absolute atomic E-state index is 0.154. The Morgan fingerprint density at radius 3 is 2.32 bits per heavy atom. The summed E-state index contributed by atoms with van der Waals surface area (Å²) in [5.41, 5.74) is 1.79. The van der Waals surface area contributed by atoms with Gasteiger partial charge in [0.05, 0.1) is 17.7 Å². The van der Waals surface area contributed by atoms with E-state index in [2.05, 4.69) is 5.32 Å². The molecule has 1 saturated heterocycles. The van der Waals surface area contributed by atoms with Crippen LogP contribution in [0.5, 0.6) is 0 Å². The van der Waals surface area contributed by atoms with Crippen LogP contribution >= 0.6 is 0 Å². The Morgan fingerprint density at radius 1 is 0.973 bits per heavy atom. The van der Waals surface area contributed by atoms with Gasteiger partial charge in [-0.25, -0.2) is 8.42 Å². The van der Waals surface area contributed by atoms with Crippen LogP contribution in [-0.4, -0.2) is 48.6 Å². The standard InChI is InChI=1S/C28H33N3O5S/c1-22(28(33)29-20-25-10-7-19-36-25)31(21-24-8-3-2-4-9-24)27(32)16-13-23-11-14-26(15-12-23)37(34,35)30-17-5-6-18-30/h2-4,7-12,14-15,19,22H,5-6,13,16-18,20-21H2,1H3,(H,29,33). The minimum Gasteiger partial charge on any atom is -0.467 e. The summed E-state index contributed by atoms with van der Waals surface area (Å²) in [5, 5.41) is 2.84. The van der Waals surface area contributed by atoms with Crippen molar-refractivity contribution in [1.82, 2.24) is 14.5 Å². The first-order valence-corrected chi connectivity index (χ1v) is 14.0. The number of amides is 2. The fourth-order valence-corrected chi connectivity index (χ4v) is 5.92. The van der Waals surface area contributed by atoms with Gasteiger partial charge in [0.25, 0.3) is 0 Å². The van der Waals surface area contributed by atoms with E-state index in [9.17, 15) is 18.0 Å². The molecule has 1 N–H and O–H groups in total. The zero-order valence-corrected chi connectivity index (χ0v) is 21.8. The van der Waals surface area contributed by atoms with E-state index in [0.717, 1.165) is 24.0 Å². The SMILES string of the molecule is CC(C(=O)NCc1ccco1)N(Cc1ccccc1)C(=O)CCc1ccc(S(=O)(=O)N2CCCC2)cc1. The second kappa shape index (κ2) is 12.2. The van der Waals surface area contributed by atoms with Crippen molar-refractivity contribution in [3.8, 4) is 0 Å². The molecular formula is C28H33N3O5S. The van der Waals surface area contributed by atoms with Crippen LogP contribution in [-0.2, 0) is 39.1 Å². The van der Waals surface area contributed by atoms with Gasteiger partial charge in [0.2, 0.25) is 21.8 Å². The summed E-state index contributed by atoms with van der Waals surface area (Å²) in [6.45, 7) is 3.39. The Labute approximate surface area is 218 Å². The monoisotopic (exact) mass is 523 g/mol. The first-order valence-electron chi connectivity index (χ1n) is 12.6. The molecule has 0 radical (unpaired) electrons. The third-order valence-electron chi connectivity index (χ3n) is 6.63. The predicted octanol–water partition coefficient (Wildman–Crippen LogP) is 3.73. The van der Waals surface area contributed by atoms with Crippen molar-refractivity contribution in [2.24, 2.45) is 0 Å². The molecule has 0 aliphatic carbocycles. The summed E-state index contributed by atoms with van der Waals surface area (Å²) in [6, 6.07) is 19.1. The van der Waals surface area contributed by atoms with Crippen LogP contribution in [0.4, 0.5) is 0 Å². The van der Waals surface area contributed by atoms with Gasteiger partial charge in [-0.15, -0.1) is 0 Å². The lowest BCUT2D eigenvalue weighted by Crippen LogP contribution is -2.47. The van der Waals surface area contributed by atoms with E-state index in [1.165, 1.54) is 4.31 Å². The van der Waals surface area contributed by atoms with Gasteiger partial charge in [0.15, 0.2) is 0 Å². The highest BCUT2D eigenvalue weighted by Gasteiger charge is 2.28. The highest BCUT2D eigenvalue weighted by molar-refractivity contribution is 7.89. The van der Waals surface area contributed by atoms with Gasteiger partial charge in [0, 0.05) is 26.1 Å². The van der Waals surface area contributed by atoms with E-state index >= 15 is 0 Å². The molecule has 1 atom stereocenters. The van der Waals surface area contributed by atoms with Crippen LogP contribution < -0.4 is 5.32 Å². The average Bonchev–Trinajstić information content (AvgIpc) is 3.65. The topological polar surface area (TPSA) is 99.9 Å². The highest BCUT2D eigenvalue weighted by atomic mass is 32.2. The second-order valence-electron chi connectivity index (χ2n) is 9.24. The van der Waals surface area contributed by atoms with E-state index in [4.69, 9.17) is 4.42 Å². The lowest BCUT2D eigenvalue weighted by molar-refractivity contribution is -0.140. The van der Waals surface area contributed by atoms with Crippen molar-refractivity contribution in [3.63, 3.8) is 0 Å². The van der Waals surface area contributed by atoms with Crippen molar-refractivity contribution in [1.29, 1.82) is 0 Å². The Morgan fingerprint density at radius 2 is 1.68 bits per heavy atom. The highest BCUT2D eigenvalue weighted by Crippen LogP contribution is 2.22. The van der Waals surface area contributed by atoms with Crippen molar-refractivity contribution in [2.45, 2.75) is 56.6 Å². The number of nitrogens with zero attached hydrogens (tertiary/aromatic N) is 2. The maximum atomic E-state index is 13.3. The number of sulfonamides is 1. The number of rotatable bonds is 11. The quantitative estimate of drug-likeness (QED) is 0.413. The van der Waals surface area contributed by atoms with Gasteiger partial charge in [-0.3, -0.25) is 9.59 Å². The molecule has 1 unspecified atom stereocenters. The molecule has 0 spiro atoms. The number of aryl methyl sites for hydroxylation is 1. The summed E-state index contributed by atoms with van der Waals surface area (Å²) in [7, 11) is -3.47. The molecule has 1 aliphatic rings. The number of benzene rings is 2. The number of carbonyl (C=O) groups is 2. The summed E-state index contributed by atoms with van der Waals surface area (Å²) in [4.78, 5) is 28.1. The van der Waals surface area contributed by atoms with Crippen LogP contribution in [0, 0.1) is 0 Å². The third-order valence-corrected chi connectivity index (χ3v) is 8.55. The maximum absolute atomic E-state index is 13.3. The number of hydrogen-bond acceptors (Lipinski definition) is 5. The van der Waals surface area contributed by atoms with Crippen LogP contribution in [0.3, 0.4) is 0 Å². The zero-order valence-electron chi connectivity index (χ0n) is 21.0. The predicted molar refractivity (Wildman–Crippen MR) is 140 cm³/mol. The molecule has 0 saturated carbocycles. The molecule has 4 rings (SSSR count). The lowest BCUT2D eigenvalue weighted by atomic mass is 10.1. The molecule has 37 heavy (non-hydrogen) atoms. The van der Waals surface area contributed by atoms with E-state index in [0.29, 0.717) is 31.8 Å². The summed E-state index contributed by atoms with van der Waals surface area (Å²) < 4.78 is 32.3. The third kappa shape index (κ3) is 6.87. The largest absolute Gasteiger partial charge is 0.467 e. The van der Waals surface area contributed by atoms with E-state index in [1.807, 2.05) is 30.3 Å². The molecule has 8 nitrogen and oxygen atoms in total. The van der Waals surface area contributed by atoms with Crippen molar-refractivity contribution in [2.75, 3.05) is 13.1 Å². The van der Waals surface area contributed by atoms with Gasteiger partial charge >= 0.3 is 0 Å². The molecule has 2 heterocycles. The fraction of sp³-hybridized carbons (Fsp3) is 0.357. The number of furan rings is 1. The van der Waals surface area contributed by atoms with Crippen LogP contribution in [0.15, 0.2) is 82.3 Å². The Hall–Kier alpha value is -3.43. The first kappa shape index (κ1) is 26.6. The molecule has 9 heteroatoms. The Kier molecular flexibility index (Phi) is 8.78. The van der Waals surface area contributed by atoms with Gasteiger partial charge in [-0.1, -0.05) is 42.5 Å². The molecule has 2 amide bonds. The summed E-state index contributed by atoms with van der Waals surface area (Å²) in [6.07, 6.45) is 3.96. The molecule has 196 valence electrons. The molecule has 1 fully saturated rings. The van der Waals surface area contributed by atoms with Gasteiger partial charge in [-0.05, 0) is 61.6 Å². The van der Waals surface area contributed by atoms with E-state index in [1.54, 1.807) is 54.5 Å². The molecule has 1 aromatic heterocycles. The molecular weight excluding hydrogens is 490 g/mol. The van der Waals surface area contributed by atoms with Crippen LogP contribution in [0.1, 0.15) is 43.1 Å². The normalized spacial score (nSPS) is 14.8. The molecule has 0 bridgehead atoms. The average molecular weight is 524 g/mol. The van der Waals surface area contributed by atoms with Crippen LogP contribution in [0.25, 0.3) is 0 Å². The Balaban J connectivity index is 1.40. The number of hydrogen-bond donors (Lipinski definition) is 1. The van der Waals surface area contributed by atoms with E-state index < -0.39 is 16.1 Å². The lowest BCUT2D eigenvalue weighted by Gasteiger charge is -2.29. The van der Waals surface area contributed by atoms with Crippen molar-refractivity contribution >= 4 is 21.8 Å². The van der Waals surface area contributed by atoms with E-state index in [-0.39, 0.29) is 29.7 Å². The molecule has 3 aromatic rings. The summed E-state index contributed by atoms with van der Waals surface area (Å²) >= 11 is 0. The first-order chi connectivity index (χ1) is 17.8.